The molecule has 1 aromatic heterocycles. The van der Waals surface area contributed by atoms with E-state index in [1.54, 1.807) is 18.2 Å². The van der Waals surface area contributed by atoms with E-state index in [1.165, 1.54) is 4.68 Å². The van der Waals surface area contributed by atoms with Crippen LogP contribution in [0, 0.1) is 0 Å². The molecule has 2 rings (SSSR count). The van der Waals surface area contributed by atoms with Crippen molar-refractivity contribution in [1.29, 1.82) is 0 Å². The molecule has 0 aliphatic heterocycles. The van der Waals surface area contributed by atoms with Gasteiger partial charge in [0.2, 0.25) is 0 Å². The highest BCUT2D eigenvalue weighted by atomic mass is 35.5. The Hall–Kier alpha value is -1.03. The fourth-order valence-corrected chi connectivity index (χ4v) is 2.20. The Kier molecular flexibility index (Phi) is 3.95. The van der Waals surface area contributed by atoms with Crippen molar-refractivity contribution >= 4 is 41.1 Å². The Morgan fingerprint density at radius 2 is 2.00 bits per heavy atom. The van der Waals surface area contributed by atoms with E-state index in [9.17, 15) is 4.79 Å². The number of nitrogens with zero attached hydrogens (tertiary/aromatic N) is 2. The first kappa shape index (κ1) is 13.4. The van der Waals surface area contributed by atoms with Crippen LogP contribution in [0.4, 0.5) is 0 Å². The maximum Gasteiger partial charge on any atom is 0.155 e. The fourth-order valence-electron chi connectivity index (χ4n) is 1.62. The zero-order chi connectivity index (χ0) is 13.3. The van der Waals surface area contributed by atoms with Gasteiger partial charge in [-0.25, -0.2) is 4.68 Å². The number of halogens is 3. The van der Waals surface area contributed by atoms with Crippen LogP contribution < -0.4 is 0 Å². The molecule has 0 N–H and O–H groups in total. The molecule has 0 aliphatic carbocycles. The number of rotatable bonds is 3. The van der Waals surface area contributed by atoms with E-state index in [4.69, 9.17) is 34.8 Å². The Balaban J connectivity index is 2.60. The molecule has 18 heavy (non-hydrogen) atoms. The van der Waals surface area contributed by atoms with Crippen LogP contribution in [0.3, 0.4) is 0 Å². The molecule has 0 fully saturated rings. The van der Waals surface area contributed by atoms with Crippen molar-refractivity contribution in [1.82, 2.24) is 9.78 Å². The number of aldehydes is 1. The molecule has 1 heterocycles. The van der Waals surface area contributed by atoms with Gasteiger partial charge in [0, 0.05) is 0 Å². The van der Waals surface area contributed by atoms with Crippen molar-refractivity contribution < 1.29 is 4.79 Å². The molecular formula is C12H9Cl3N2O. The minimum absolute atomic E-state index is 0.278. The molecule has 0 saturated carbocycles. The maximum atomic E-state index is 11.0. The second-order valence-electron chi connectivity index (χ2n) is 3.63. The molecule has 1 aromatic carbocycles. The predicted octanol–water partition coefficient (Wildman–Crippen LogP) is 4.21. The molecule has 2 aromatic rings. The SMILES string of the molecule is CCc1nn(-c2ccc(Cl)c(Cl)c2)c(Cl)c1C=O. The van der Waals surface area contributed by atoms with Gasteiger partial charge in [0.05, 0.1) is 27.0 Å². The molecule has 0 aliphatic rings. The summed E-state index contributed by atoms with van der Waals surface area (Å²) < 4.78 is 1.48. The van der Waals surface area contributed by atoms with Crippen LogP contribution in [0.25, 0.3) is 5.69 Å². The smallest absolute Gasteiger partial charge is 0.155 e. The molecule has 0 saturated heterocycles. The summed E-state index contributed by atoms with van der Waals surface area (Å²) in [5.41, 5.74) is 1.73. The van der Waals surface area contributed by atoms with Crippen LogP contribution in [0.15, 0.2) is 18.2 Å². The molecule has 94 valence electrons. The Bertz CT molecular complexity index is 608. The van der Waals surface area contributed by atoms with Crippen molar-refractivity contribution in [2.45, 2.75) is 13.3 Å². The summed E-state index contributed by atoms with van der Waals surface area (Å²) in [4.78, 5) is 11.0. The molecule has 3 nitrogen and oxygen atoms in total. The van der Waals surface area contributed by atoms with E-state index < -0.39 is 0 Å². The second kappa shape index (κ2) is 5.31. The normalized spacial score (nSPS) is 10.7. The number of carbonyl (C=O) groups is 1. The van der Waals surface area contributed by atoms with Gasteiger partial charge in [-0.05, 0) is 24.6 Å². The second-order valence-corrected chi connectivity index (χ2v) is 4.81. The van der Waals surface area contributed by atoms with E-state index in [0.717, 1.165) is 0 Å². The summed E-state index contributed by atoms with van der Waals surface area (Å²) in [6.45, 7) is 1.91. The molecule has 0 radical (unpaired) electrons. The third kappa shape index (κ3) is 2.26. The zero-order valence-electron chi connectivity index (χ0n) is 9.45. The summed E-state index contributed by atoms with van der Waals surface area (Å²) in [6, 6.07) is 5.04. The van der Waals surface area contributed by atoms with E-state index in [-0.39, 0.29) is 5.15 Å². The Morgan fingerprint density at radius 1 is 1.28 bits per heavy atom. The summed E-state index contributed by atoms with van der Waals surface area (Å²) in [5.74, 6) is 0. The van der Waals surface area contributed by atoms with Crippen LogP contribution in [-0.4, -0.2) is 16.1 Å². The number of carbonyl (C=O) groups excluding carboxylic acids is 1. The van der Waals surface area contributed by atoms with E-state index in [2.05, 4.69) is 5.10 Å². The van der Waals surface area contributed by atoms with Crippen molar-refractivity contribution in [3.63, 3.8) is 0 Å². The maximum absolute atomic E-state index is 11.0. The van der Waals surface area contributed by atoms with Gasteiger partial charge in [0.1, 0.15) is 5.15 Å². The topological polar surface area (TPSA) is 34.9 Å². The van der Waals surface area contributed by atoms with Crippen molar-refractivity contribution in [3.8, 4) is 5.69 Å². The lowest BCUT2D eigenvalue weighted by Gasteiger charge is -2.04. The number of hydrogen-bond acceptors (Lipinski definition) is 2. The molecular weight excluding hydrogens is 295 g/mol. The molecule has 0 bridgehead atoms. The predicted molar refractivity (Wildman–Crippen MR) is 73.4 cm³/mol. The minimum atomic E-state index is 0.278. The highest BCUT2D eigenvalue weighted by Crippen LogP contribution is 2.28. The van der Waals surface area contributed by atoms with E-state index >= 15 is 0 Å². The van der Waals surface area contributed by atoms with Gasteiger partial charge in [-0.15, -0.1) is 0 Å². The lowest BCUT2D eigenvalue weighted by molar-refractivity contribution is 0.112. The van der Waals surface area contributed by atoms with Crippen LogP contribution >= 0.6 is 34.8 Å². The molecule has 0 amide bonds. The molecule has 6 heteroatoms. The average Bonchev–Trinajstić information content (AvgIpc) is 2.69. The highest BCUT2D eigenvalue weighted by Gasteiger charge is 2.16. The average molecular weight is 304 g/mol. The van der Waals surface area contributed by atoms with Crippen LogP contribution in [-0.2, 0) is 6.42 Å². The van der Waals surface area contributed by atoms with Gasteiger partial charge in [0.15, 0.2) is 6.29 Å². The van der Waals surface area contributed by atoms with Crippen LogP contribution in [0.2, 0.25) is 15.2 Å². The number of hydrogen-bond donors (Lipinski definition) is 0. The molecule has 0 unspecified atom stereocenters. The quantitative estimate of drug-likeness (QED) is 0.796. The van der Waals surface area contributed by atoms with Crippen LogP contribution in [0.1, 0.15) is 23.0 Å². The fraction of sp³-hybridized carbons (Fsp3) is 0.167. The number of aromatic nitrogens is 2. The third-order valence-corrected chi connectivity index (χ3v) is 3.64. The number of benzene rings is 1. The lowest BCUT2D eigenvalue weighted by Crippen LogP contribution is -1.97. The van der Waals surface area contributed by atoms with Crippen molar-refractivity contribution in [2.24, 2.45) is 0 Å². The summed E-state index contributed by atoms with van der Waals surface area (Å²) in [6.07, 6.45) is 1.34. The van der Waals surface area contributed by atoms with Crippen LogP contribution in [0.5, 0.6) is 0 Å². The van der Waals surface area contributed by atoms with Gasteiger partial charge in [-0.3, -0.25) is 4.79 Å². The van der Waals surface area contributed by atoms with E-state index in [0.29, 0.717) is 39.7 Å². The Morgan fingerprint density at radius 3 is 2.50 bits per heavy atom. The van der Waals surface area contributed by atoms with Gasteiger partial charge in [-0.1, -0.05) is 41.7 Å². The molecule has 0 atom stereocenters. The standard InChI is InChI=1S/C12H9Cl3N2O/c1-2-11-8(6-18)12(15)17(16-11)7-3-4-9(13)10(14)5-7/h3-6H,2H2,1H3. The number of aryl methyl sites for hydroxylation is 1. The molecule has 0 spiro atoms. The first-order valence-corrected chi connectivity index (χ1v) is 6.39. The van der Waals surface area contributed by atoms with Gasteiger partial charge >= 0.3 is 0 Å². The minimum Gasteiger partial charge on any atom is -0.298 e. The zero-order valence-corrected chi connectivity index (χ0v) is 11.7. The first-order chi connectivity index (χ1) is 8.58. The first-order valence-electron chi connectivity index (χ1n) is 5.26. The summed E-state index contributed by atoms with van der Waals surface area (Å²) >= 11 is 17.9. The van der Waals surface area contributed by atoms with E-state index in [1.807, 2.05) is 6.92 Å². The monoisotopic (exact) mass is 302 g/mol. The van der Waals surface area contributed by atoms with Crippen molar-refractivity contribution in [3.05, 3.63) is 44.7 Å². The summed E-state index contributed by atoms with van der Waals surface area (Å²) in [5, 5.41) is 5.43. The largest absolute Gasteiger partial charge is 0.298 e. The van der Waals surface area contributed by atoms with Gasteiger partial charge in [0.25, 0.3) is 0 Å². The van der Waals surface area contributed by atoms with Gasteiger partial charge < -0.3 is 0 Å². The Labute approximate surface area is 119 Å². The summed E-state index contributed by atoms with van der Waals surface area (Å²) in [7, 11) is 0. The highest BCUT2D eigenvalue weighted by molar-refractivity contribution is 6.42. The van der Waals surface area contributed by atoms with Crippen molar-refractivity contribution in [2.75, 3.05) is 0 Å². The lowest BCUT2D eigenvalue weighted by atomic mass is 10.2. The third-order valence-electron chi connectivity index (χ3n) is 2.54. The van der Waals surface area contributed by atoms with Gasteiger partial charge in [-0.2, -0.15) is 5.10 Å².